The van der Waals surface area contributed by atoms with Crippen LogP contribution < -0.4 is 9.46 Å². The Labute approximate surface area is 172 Å². The van der Waals surface area contributed by atoms with Gasteiger partial charge in [0.25, 0.3) is 0 Å². The van der Waals surface area contributed by atoms with Crippen LogP contribution in [0.5, 0.6) is 5.75 Å². The Balaban J connectivity index is 1.61. The second-order valence-corrected chi connectivity index (χ2v) is 10.5. The minimum Gasteiger partial charge on any atom is -0.478 e. The van der Waals surface area contributed by atoms with Crippen molar-refractivity contribution in [2.24, 2.45) is 0 Å². The minimum atomic E-state index is -3.28. The maximum absolute atomic E-state index is 11.9. The first-order valence-electron chi connectivity index (χ1n) is 10.1. The summed E-state index contributed by atoms with van der Waals surface area (Å²) < 4.78 is 39.1. The fraction of sp³-hybridized carbons (Fsp3) is 0.700. The van der Waals surface area contributed by atoms with Gasteiger partial charge in [0.1, 0.15) is 12.5 Å². The highest BCUT2D eigenvalue weighted by Crippen LogP contribution is 2.40. The lowest BCUT2D eigenvalue weighted by atomic mass is 9.82. The summed E-state index contributed by atoms with van der Waals surface area (Å²) in [5, 5.41) is 0.737. The van der Waals surface area contributed by atoms with E-state index in [1.54, 1.807) is 0 Å². The Hall–Kier alpha value is -0.860. The van der Waals surface area contributed by atoms with Gasteiger partial charge in [0, 0.05) is 17.6 Å². The number of rotatable bonds is 2. The fourth-order valence-corrected chi connectivity index (χ4v) is 5.82. The number of hydrogen-bond acceptors (Lipinski definition) is 5. The molecule has 5 rings (SSSR count). The summed E-state index contributed by atoms with van der Waals surface area (Å²) >= 11 is 6.27. The molecule has 2 bridgehead atoms. The molecule has 1 aromatic carbocycles. The highest BCUT2D eigenvalue weighted by atomic mass is 35.5. The number of ether oxygens (including phenoxy) is 2. The molecule has 8 heteroatoms. The van der Waals surface area contributed by atoms with E-state index >= 15 is 0 Å². The predicted molar refractivity (Wildman–Crippen MR) is 109 cm³/mol. The molecule has 28 heavy (non-hydrogen) atoms. The van der Waals surface area contributed by atoms with Crippen molar-refractivity contribution in [3.8, 4) is 5.75 Å². The molecule has 4 aliphatic rings. The third-order valence-electron chi connectivity index (χ3n) is 6.23. The van der Waals surface area contributed by atoms with Crippen molar-refractivity contribution in [1.82, 2.24) is 9.62 Å². The Morgan fingerprint density at radius 2 is 1.96 bits per heavy atom. The van der Waals surface area contributed by atoms with Crippen molar-refractivity contribution in [2.75, 3.05) is 26.1 Å². The Bertz CT molecular complexity index is 795. The molecular formula is C20H29ClN2O4S. The van der Waals surface area contributed by atoms with E-state index in [1.807, 2.05) is 18.2 Å². The van der Waals surface area contributed by atoms with Crippen LogP contribution in [0.1, 0.15) is 50.0 Å². The van der Waals surface area contributed by atoms with E-state index in [1.165, 1.54) is 11.8 Å². The zero-order valence-corrected chi connectivity index (χ0v) is 17.8. The van der Waals surface area contributed by atoms with E-state index in [9.17, 15) is 8.42 Å². The van der Waals surface area contributed by atoms with Gasteiger partial charge in [-0.3, -0.25) is 4.90 Å². The summed E-state index contributed by atoms with van der Waals surface area (Å²) in [5.74, 6) is 1.34. The van der Waals surface area contributed by atoms with Crippen molar-refractivity contribution in [1.29, 1.82) is 0 Å². The highest BCUT2D eigenvalue weighted by Gasteiger charge is 2.35. The van der Waals surface area contributed by atoms with E-state index in [4.69, 9.17) is 21.1 Å². The van der Waals surface area contributed by atoms with Gasteiger partial charge in [0.15, 0.2) is 0 Å². The second-order valence-electron chi connectivity index (χ2n) is 8.28. The topological polar surface area (TPSA) is 67.9 Å². The van der Waals surface area contributed by atoms with Crippen molar-refractivity contribution >= 4 is 21.6 Å². The minimum absolute atomic E-state index is 0.0311. The standard InChI is InChI=1S/C20H29ClN2O4S/c1-28(24,25)22-18-3-2-10-23-13-27-20-9-6-15(21)11-17(20)14-4-7-16(8-5-14)26-12-19(18)23/h6,9,11,14,16,18-19,22H,2-5,7-8,10,12-13H2,1H3/t14?,16?,18-,19-/m0/s1. The Morgan fingerprint density at radius 1 is 1.18 bits per heavy atom. The van der Waals surface area contributed by atoms with Crippen molar-refractivity contribution < 1.29 is 17.9 Å². The fourth-order valence-electron chi connectivity index (χ4n) is 4.82. The van der Waals surface area contributed by atoms with Crippen LogP contribution in [0.4, 0.5) is 0 Å². The molecule has 3 heterocycles. The third-order valence-corrected chi connectivity index (χ3v) is 7.20. The first-order valence-corrected chi connectivity index (χ1v) is 12.4. The molecule has 156 valence electrons. The molecular weight excluding hydrogens is 400 g/mol. The van der Waals surface area contributed by atoms with Crippen LogP contribution in [-0.2, 0) is 14.8 Å². The number of halogens is 1. The van der Waals surface area contributed by atoms with Crippen molar-refractivity contribution in [2.45, 2.75) is 62.6 Å². The van der Waals surface area contributed by atoms with E-state index in [0.717, 1.165) is 55.8 Å². The summed E-state index contributed by atoms with van der Waals surface area (Å²) in [4.78, 5) is 2.21. The zero-order chi connectivity index (χ0) is 19.7. The molecule has 3 aliphatic heterocycles. The molecule has 0 unspecified atom stereocenters. The number of hydrogen-bond donors (Lipinski definition) is 1. The van der Waals surface area contributed by atoms with Gasteiger partial charge in [0.2, 0.25) is 10.0 Å². The molecule has 1 N–H and O–H groups in total. The van der Waals surface area contributed by atoms with Crippen LogP contribution in [-0.4, -0.2) is 57.6 Å². The van der Waals surface area contributed by atoms with Gasteiger partial charge >= 0.3 is 0 Å². The summed E-state index contributed by atoms with van der Waals surface area (Å²) in [6.07, 6.45) is 7.33. The number of nitrogens with one attached hydrogen (secondary N) is 1. The van der Waals surface area contributed by atoms with Crippen LogP contribution in [0.2, 0.25) is 5.02 Å². The van der Waals surface area contributed by atoms with Crippen LogP contribution in [0.25, 0.3) is 0 Å². The lowest BCUT2D eigenvalue weighted by Crippen LogP contribution is -2.58. The molecule has 0 radical (unpaired) electrons. The maximum Gasteiger partial charge on any atom is 0.209 e. The lowest BCUT2D eigenvalue weighted by molar-refractivity contribution is -0.0476. The van der Waals surface area contributed by atoms with Crippen LogP contribution >= 0.6 is 11.6 Å². The SMILES string of the molecule is CS(=O)(=O)N[C@H]1CCCN2COc3ccc(Cl)cc3C3CCC(CC3)OC[C@@H]12. The van der Waals surface area contributed by atoms with E-state index in [2.05, 4.69) is 9.62 Å². The molecule has 2 fully saturated rings. The van der Waals surface area contributed by atoms with E-state index in [0.29, 0.717) is 19.3 Å². The molecule has 1 aromatic rings. The summed E-state index contributed by atoms with van der Waals surface area (Å²) in [7, 11) is -3.28. The van der Waals surface area contributed by atoms with Crippen molar-refractivity contribution in [3.05, 3.63) is 28.8 Å². The maximum atomic E-state index is 11.9. The van der Waals surface area contributed by atoms with Gasteiger partial charge in [-0.05, 0) is 68.2 Å². The normalized spacial score (nSPS) is 31.8. The zero-order valence-electron chi connectivity index (χ0n) is 16.3. The van der Waals surface area contributed by atoms with Gasteiger partial charge in [-0.25, -0.2) is 13.1 Å². The largest absolute Gasteiger partial charge is 0.478 e. The van der Waals surface area contributed by atoms with Gasteiger partial charge in [-0.15, -0.1) is 0 Å². The van der Waals surface area contributed by atoms with Crippen LogP contribution in [0.15, 0.2) is 18.2 Å². The van der Waals surface area contributed by atoms with Crippen LogP contribution in [0, 0.1) is 0 Å². The average Bonchev–Trinajstić information content (AvgIpc) is 2.64. The molecule has 0 spiro atoms. The van der Waals surface area contributed by atoms with E-state index < -0.39 is 10.0 Å². The number of sulfonamides is 1. The lowest BCUT2D eigenvalue weighted by Gasteiger charge is -2.42. The smallest absolute Gasteiger partial charge is 0.209 e. The average molecular weight is 429 g/mol. The summed E-state index contributed by atoms with van der Waals surface area (Å²) in [6, 6.07) is 5.70. The van der Waals surface area contributed by atoms with Crippen molar-refractivity contribution in [3.63, 3.8) is 0 Å². The predicted octanol–water partition coefficient (Wildman–Crippen LogP) is 3.11. The third kappa shape index (κ3) is 4.82. The molecule has 1 aliphatic carbocycles. The van der Waals surface area contributed by atoms with E-state index in [-0.39, 0.29) is 18.2 Å². The molecule has 6 nitrogen and oxygen atoms in total. The summed E-state index contributed by atoms with van der Waals surface area (Å²) in [5.41, 5.74) is 1.19. The number of piperidine rings is 1. The highest BCUT2D eigenvalue weighted by molar-refractivity contribution is 7.88. The quantitative estimate of drug-likeness (QED) is 0.783. The van der Waals surface area contributed by atoms with Gasteiger partial charge in [-0.1, -0.05) is 11.6 Å². The molecule has 1 saturated carbocycles. The van der Waals surface area contributed by atoms with Gasteiger partial charge < -0.3 is 9.47 Å². The molecule has 2 atom stereocenters. The number of fused-ring (bicyclic) bond motifs is 4. The molecule has 0 amide bonds. The molecule has 0 aromatic heterocycles. The number of benzene rings is 1. The first-order chi connectivity index (χ1) is 13.4. The Morgan fingerprint density at radius 3 is 2.71 bits per heavy atom. The van der Waals surface area contributed by atoms with Gasteiger partial charge in [0.05, 0.1) is 25.0 Å². The van der Waals surface area contributed by atoms with Gasteiger partial charge in [-0.2, -0.15) is 0 Å². The summed E-state index contributed by atoms with van der Waals surface area (Å²) in [6.45, 7) is 1.81. The monoisotopic (exact) mass is 428 g/mol. The molecule has 1 saturated heterocycles. The van der Waals surface area contributed by atoms with Crippen LogP contribution in [0.3, 0.4) is 0 Å². The Kier molecular flexibility index (Phi) is 6.18. The number of nitrogens with zero attached hydrogens (tertiary/aromatic N) is 1. The first kappa shape index (κ1) is 20.4. The second kappa shape index (κ2) is 8.48.